The SMILES string of the molecule is COC(=O)CCCOc1c(Br)cc(C(C)(C)c2cc(Br)c(OCCCC(=O)OC)c(Br)c2)cc1Br. The Morgan fingerprint density at radius 2 is 1.00 bits per heavy atom. The molecular formula is C25H28Br4O6. The molecule has 0 radical (unpaired) electrons. The van der Waals surface area contributed by atoms with Crippen molar-refractivity contribution in [1.29, 1.82) is 0 Å². The van der Waals surface area contributed by atoms with Gasteiger partial charge >= 0.3 is 11.9 Å². The van der Waals surface area contributed by atoms with Gasteiger partial charge in [-0.05, 0) is 112 Å². The van der Waals surface area contributed by atoms with Crippen molar-refractivity contribution < 1.29 is 28.5 Å². The average Bonchev–Trinajstić information content (AvgIpc) is 2.81. The minimum Gasteiger partial charge on any atom is -0.491 e. The molecule has 0 saturated heterocycles. The maximum absolute atomic E-state index is 11.3. The van der Waals surface area contributed by atoms with E-state index in [-0.39, 0.29) is 17.4 Å². The molecule has 6 nitrogen and oxygen atoms in total. The molecule has 2 rings (SSSR count). The van der Waals surface area contributed by atoms with Crippen LogP contribution in [0.1, 0.15) is 50.7 Å². The number of hydrogen-bond acceptors (Lipinski definition) is 6. The number of carbonyl (C=O) groups is 2. The van der Waals surface area contributed by atoms with E-state index >= 15 is 0 Å². The van der Waals surface area contributed by atoms with Crippen LogP contribution in [0.5, 0.6) is 11.5 Å². The van der Waals surface area contributed by atoms with Gasteiger partial charge in [-0.25, -0.2) is 0 Å². The summed E-state index contributed by atoms with van der Waals surface area (Å²) in [6.07, 6.45) is 1.76. The average molecular weight is 744 g/mol. The number of ether oxygens (including phenoxy) is 4. The zero-order valence-electron chi connectivity index (χ0n) is 20.0. The van der Waals surface area contributed by atoms with Gasteiger partial charge in [0.05, 0.1) is 45.3 Å². The number of esters is 2. The summed E-state index contributed by atoms with van der Waals surface area (Å²) in [6, 6.07) is 8.16. The zero-order valence-corrected chi connectivity index (χ0v) is 26.4. The van der Waals surface area contributed by atoms with E-state index in [1.165, 1.54) is 14.2 Å². The van der Waals surface area contributed by atoms with E-state index in [1.807, 2.05) is 24.3 Å². The molecule has 0 aromatic heterocycles. The summed E-state index contributed by atoms with van der Waals surface area (Å²) in [7, 11) is 2.75. The van der Waals surface area contributed by atoms with Crippen LogP contribution in [0.25, 0.3) is 0 Å². The third kappa shape index (κ3) is 8.47. The van der Waals surface area contributed by atoms with E-state index in [2.05, 4.69) is 87.0 Å². The first kappa shape index (κ1) is 30.1. The van der Waals surface area contributed by atoms with Gasteiger partial charge in [-0.3, -0.25) is 9.59 Å². The second-order valence-electron chi connectivity index (χ2n) is 8.22. The fourth-order valence-electron chi connectivity index (χ4n) is 3.27. The van der Waals surface area contributed by atoms with Crippen LogP contribution in [0.2, 0.25) is 0 Å². The van der Waals surface area contributed by atoms with Crippen molar-refractivity contribution in [3.8, 4) is 11.5 Å². The lowest BCUT2D eigenvalue weighted by atomic mass is 9.78. The van der Waals surface area contributed by atoms with Crippen molar-refractivity contribution in [2.75, 3.05) is 27.4 Å². The van der Waals surface area contributed by atoms with Gasteiger partial charge in [-0.2, -0.15) is 0 Å². The van der Waals surface area contributed by atoms with Crippen molar-refractivity contribution in [1.82, 2.24) is 0 Å². The van der Waals surface area contributed by atoms with Crippen LogP contribution in [0.4, 0.5) is 0 Å². The van der Waals surface area contributed by atoms with Crippen LogP contribution in [0.15, 0.2) is 42.2 Å². The molecule has 0 amide bonds. The minimum atomic E-state index is -0.344. The lowest BCUT2D eigenvalue weighted by Gasteiger charge is -2.28. The van der Waals surface area contributed by atoms with E-state index in [4.69, 9.17) is 9.47 Å². The van der Waals surface area contributed by atoms with Gasteiger partial charge in [-0.15, -0.1) is 0 Å². The van der Waals surface area contributed by atoms with E-state index in [1.54, 1.807) is 0 Å². The molecule has 0 bridgehead atoms. The summed E-state index contributed by atoms with van der Waals surface area (Å²) in [5.41, 5.74) is 1.80. The van der Waals surface area contributed by atoms with Gasteiger partial charge in [-0.1, -0.05) is 13.8 Å². The first-order valence-corrected chi connectivity index (χ1v) is 14.1. The molecule has 192 valence electrons. The molecular weight excluding hydrogens is 716 g/mol. The molecule has 35 heavy (non-hydrogen) atoms. The maximum Gasteiger partial charge on any atom is 0.305 e. The molecule has 0 aliphatic rings. The monoisotopic (exact) mass is 740 g/mol. The molecule has 0 atom stereocenters. The fraction of sp³-hybridized carbons (Fsp3) is 0.440. The van der Waals surface area contributed by atoms with Crippen molar-refractivity contribution in [3.63, 3.8) is 0 Å². The van der Waals surface area contributed by atoms with Crippen LogP contribution in [-0.2, 0) is 24.5 Å². The van der Waals surface area contributed by atoms with E-state index in [0.717, 1.165) is 29.0 Å². The second kappa shape index (κ2) is 14.0. The molecule has 0 N–H and O–H groups in total. The predicted molar refractivity (Wildman–Crippen MR) is 149 cm³/mol. The Balaban J connectivity index is 2.17. The highest BCUT2D eigenvalue weighted by atomic mass is 79.9. The van der Waals surface area contributed by atoms with Gasteiger partial charge in [0.15, 0.2) is 0 Å². The first-order valence-electron chi connectivity index (χ1n) is 10.9. The smallest absolute Gasteiger partial charge is 0.305 e. The topological polar surface area (TPSA) is 71.1 Å². The summed E-state index contributed by atoms with van der Waals surface area (Å²) in [5.74, 6) is 0.873. The lowest BCUT2D eigenvalue weighted by Crippen LogP contribution is -2.19. The molecule has 0 aliphatic heterocycles. The van der Waals surface area contributed by atoms with E-state index in [0.29, 0.717) is 50.4 Å². The number of hydrogen-bond donors (Lipinski definition) is 0. The Hall–Kier alpha value is -1.10. The highest BCUT2D eigenvalue weighted by molar-refractivity contribution is 9.11. The lowest BCUT2D eigenvalue weighted by molar-refractivity contribution is -0.141. The van der Waals surface area contributed by atoms with Gasteiger partial charge in [0.1, 0.15) is 11.5 Å². The van der Waals surface area contributed by atoms with Gasteiger partial charge in [0, 0.05) is 18.3 Å². The second-order valence-corrected chi connectivity index (χ2v) is 11.6. The Morgan fingerprint density at radius 1 is 0.686 bits per heavy atom. The van der Waals surface area contributed by atoms with Gasteiger partial charge in [0.2, 0.25) is 0 Å². The maximum atomic E-state index is 11.3. The van der Waals surface area contributed by atoms with Crippen LogP contribution in [0.3, 0.4) is 0 Å². The van der Waals surface area contributed by atoms with Crippen LogP contribution in [-0.4, -0.2) is 39.4 Å². The molecule has 0 spiro atoms. The number of carbonyl (C=O) groups excluding carboxylic acids is 2. The van der Waals surface area contributed by atoms with Gasteiger partial charge < -0.3 is 18.9 Å². The van der Waals surface area contributed by atoms with Crippen LogP contribution in [0, 0.1) is 0 Å². The van der Waals surface area contributed by atoms with Crippen molar-refractivity contribution in [3.05, 3.63) is 53.3 Å². The van der Waals surface area contributed by atoms with Crippen molar-refractivity contribution in [2.45, 2.75) is 44.9 Å². The Labute approximate surface area is 239 Å². The normalized spacial score (nSPS) is 11.2. The quantitative estimate of drug-likeness (QED) is 0.164. The predicted octanol–water partition coefficient (Wildman–Crippen LogP) is 7.73. The Morgan fingerprint density at radius 3 is 1.29 bits per heavy atom. The largest absolute Gasteiger partial charge is 0.491 e. The van der Waals surface area contributed by atoms with Crippen LogP contribution < -0.4 is 9.47 Å². The van der Waals surface area contributed by atoms with Gasteiger partial charge in [0.25, 0.3) is 0 Å². The molecule has 0 unspecified atom stereocenters. The number of methoxy groups -OCH3 is 2. The molecule has 0 heterocycles. The number of rotatable bonds is 12. The summed E-state index contributed by atoms with van der Waals surface area (Å²) in [6.45, 7) is 5.08. The minimum absolute atomic E-state index is 0.251. The van der Waals surface area contributed by atoms with Crippen LogP contribution >= 0.6 is 63.7 Å². The van der Waals surface area contributed by atoms with E-state index < -0.39 is 0 Å². The fourth-order valence-corrected chi connectivity index (χ4v) is 6.10. The third-order valence-corrected chi connectivity index (χ3v) is 7.79. The Bertz CT molecular complexity index is 927. The molecule has 10 heteroatoms. The molecule has 2 aromatic rings. The first-order chi connectivity index (χ1) is 16.5. The van der Waals surface area contributed by atoms with E-state index in [9.17, 15) is 9.59 Å². The van der Waals surface area contributed by atoms with Crippen molar-refractivity contribution in [2.24, 2.45) is 0 Å². The highest BCUT2D eigenvalue weighted by Crippen LogP contribution is 2.44. The summed E-state index contributed by atoms with van der Waals surface area (Å²) >= 11 is 14.5. The third-order valence-electron chi connectivity index (χ3n) is 5.44. The summed E-state index contributed by atoms with van der Waals surface area (Å²) in [5, 5.41) is 0. The number of benzene rings is 2. The molecule has 2 aromatic carbocycles. The standard InChI is InChI=1S/C25H28Br4O6/c1-25(2,15-11-17(26)23(18(27)12-15)34-9-5-7-21(30)32-3)16-13-19(28)24(20(29)14-16)35-10-6-8-22(31)33-4/h11-14H,5-10H2,1-4H3. The molecule has 0 saturated carbocycles. The Kier molecular flexibility index (Phi) is 12.1. The highest BCUT2D eigenvalue weighted by Gasteiger charge is 2.27. The molecule has 0 aliphatic carbocycles. The zero-order chi connectivity index (χ0) is 26.2. The number of halogens is 4. The van der Waals surface area contributed by atoms with Crippen molar-refractivity contribution >= 4 is 75.7 Å². The molecule has 0 fully saturated rings. The summed E-state index contributed by atoms with van der Waals surface area (Å²) in [4.78, 5) is 22.6. The summed E-state index contributed by atoms with van der Waals surface area (Å²) < 4.78 is 24.4.